The van der Waals surface area contributed by atoms with E-state index in [0.29, 0.717) is 12.0 Å². The van der Waals surface area contributed by atoms with Gasteiger partial charge in [0.1, 0.15) is 0 Å². The second-order valence-corrected chi connectivity index (χ2v) is 9.17. The third-order valence-electron chi connectivity index (χ3n) is 6.49. The van der Waals surface area contributed by atoms with Gasteiger partial charge in [0.05, 0.1) is 11.4 Å². The van der Waals surface area contributed by atoms with E-state index in [-0.39, 0.29) is 12.5 Å². The van der Waals surface area contributed by atoms with E-state index in [1.54, 1.807) is 0 Å². The molecular weight excluding hydrogens is 446 g/mol. The van der Waals surface area contributed by atoms with E-state index < -0.39 is 0 Å². The van der Waals surface area contributed by atoms with Crippen LogP contribution in [0.3, 0.4) is 0 Å². The molecule has 4 rings (SSSR count). The highest BCUT2D eigenvalue weighted by molar-refractivity contribution is 6.04. The highest BCUT2D eigenvalue weighted by Gasteiger charge is 2.18. The predicted molar refractivity (Wildman–Crippen MR) is 146 cm³/mol. The fraction of sp³-hybridized carbons (Fsp3) is 0.290. The number of aryl methyl sites for hydroxylation is 3. The molecule has 4 aromatic rings. The zero-order valence-electron chi connectivity index (χ0n) is 21.2. The van der Waals surface area contributed by atoms with E-state index in [1.165, 1.54) is 11.1 Å². The maximum atomic E-state index is 13.0. The first-order chi connectivity index (χ1) is 17.6. The zero-order chi connectivity index (χ0) is 25.3. The van der Waals surface area contributed by atoms with Crippen LogP contribution in [0.5, 0.6) is 0 Å². The van der Waals surface area contributed by atoms with E-state index >= 15 is 0 Å². The maximum Gasteiger partial charge on any atom is 0.255 e. The van der Waals surface area contributed by atoms with Crippen molar-refractivity contribution in [2.45, 2.75) is 52.5 Å². The Morgan fingerprint density at radius 3 is 2.47 bits per heavy atom. The Balaban J connectivity index is 1.59. The van der Waals surface area contributed by atoms with Crippen LogP contribution in [-0.2, 0) is 19.4 Å². The number of aliphatic hydroxyl groups excluding tert-OH is 1. The van der Waals surface area contributed by atoms with Crippen molar-refractivity contribution in [2.24, 2.45) is 0 Å². The van der Waals surface area contributed by atoms with Crippen molar-refractivity contribution in [3.63, 3.8) is 0 Å². The SMILES string of the molecule is CCc1cccc(NC(=O)c2cccc(Cc3c(C)nn(CCCCCO)c3-c3ccccc3)c2)c1. The van der Waals surface area contributed by atoms with Gasteiger partial charge in [-0.15, -0.1) is 0 Å². The number of nitrogens with one attached hydrogen (secondary N) is 1. The summed E-state index contributed by atoms with van der Waals surface area (Å²) in [5, 5.41) is 17.0. The summed E-state index contributed by atoms with van der Waals surface area (Å²) in [5.41, 5.74) is 8.17. The highest BCUT2D eigenvalue weighted by Crippen LogP contribution is 2.29. The van der Waals surface area contributed by atoms with Crippen LogP contribution >= 0.6 is 0 Å². The number of amides is 1. The van der Waals surface area contributed by atoms with Gasteiger partial charge in [0.2, 0.25) is 0 Å². The normalized spacial score (nSPS) is 11.0. The molecule has 0 fully saturated rings. The summed E-state index contributed by atoms with van der Waals surface area (Å²) in [4.78, 5) is 13.0. The summed E-state index contributed by atoms with van der Waals surface area (Å²) in [6.07, 6.45) is 4.37. The van der Waals surface area contributed by atoms with Crippen LogP contribution in [0.25, 0.3) is 11.3 Å². The lowest BCUT2D eigenvalue weighted by atomic mass is 9.98. The minimum Gasteiger partial charge on any atom is -0.396 e. The third-order valence-corrected chi connectivity index (χ3v) is 6.49. The van der Waals surface area contributed by atoms with Crippen LogP contribution in [0.1, 0.15) is 58.9 Å². The number of unbranched alkanes of at least 4 members (excludes halogenated alkanes) is 2. The number of carbonyl (C=O) groups excluding carboxylic acids is 1. The van der Waals surface area contributed by atoms with Crippen molar-refractivity contribution in [1.29, 1.82) is 0 Å². The molecule has 36 heavy (non-hydrogen) atoms. The Morgan fingerprint density at radius 1 is 0.917 bits per heavy atom. The number of rotatable bonds is 11. The first kappa shape index (κ1) is 25.4. The maximum absolute atomic E-state index is 13.0. The third kappa shape index (κ3) is 6.29. The summed E-state index contributed by atoms with van der Waals surface area (Å²) in [5.74, 6) is -0.107. The van der Waals surface area contributed by atoms with E-state index in [1.807, 2.05) is 42.5 Å². The standard InChI is InChI=1S/C31H35N3O2/c1-3-24-12-11-17-28(21-24)32-31(36)27-16-10-13-25(20-27)22-29-23(2)33-34(18-8-5-9-19-35)30(29)26-14-6-4-7-15-26/h4,6-7,10-17,20-21,35H,3,5,8-9,18-19,22H2,1-2H3,(H,32,36). The van der Waals surface area contributed by atoms with E-state index in [4.69, 9.17) is 10.2 Å². The number of carbonyl (C=O) groups is 1. The largest absolute Gasteiger partial charge is 0.396 e. The van der Waals surface area contributed by atoms with Gasteiger partial charge >= 0.3 is 0 Å². The molecule has 1 aromatic heterocycles. The highest BCUT2D eigenvalue weighted by atomic mass is 16.2. The van der Waals surface area contributed by atoms with E-state index in [0.717, 1.165) is 60.4 Å². The Hall–Kier alpha value is -3.70. The van der Waals surface area contributed by atoms with Crippen molar-refractivity contribution in [2.75, 3.05) is 11.9 Å². The number of hydrogen-bond donors (Lipinski definition) is 2. The summed E-state index contributed by atoms with van der Waals surface area (Å²) >= 11 is 0. The van der Waals surface area contributed by atoms with Crippen LogP contribution in [0.2, 0.25) is 0 Å². The molecule has 0 unspecified atom stereocenters. The quantitative estimate of drug-likeness (QED) is 0.243. The molecule has 1 heterocycles. The molecule has 3 aromatic carbocycles. The second kappa shape index (κ2) is 12.3. The smallest absolute Gasteiger partial charge is 0.255 e. The van der Waals surface area contributed by atoms with Crippen LogP contribution in [0, 0.1) is 6.92 Å². The van der Waals surface area contributed by atoms with Crippen LogP contribution in [0.4, 0.5) is 5.69 Å². The number of hydrogen-bond acceptors (Lipinski definition) is 3. The molecule has 5 heteroatoms. The lowest BCUT2D eigenvalue weighted by Crippen LogP contribution is -2.12. The molecule has 0 aliphatic rings. The number of benzene rings is 3. The molecule has 186 valence electrons. The average molecular weight is 482 g/mol. The fourth-order valence-corrected chi connectivity index (χ4v) is 4.56. The number of aliphatic hydroxyl groups is 1. The van der Waals surface area contributed by atoms with Crippen molar-refractivity contribution >= 4 is 11.6 Å². The molecule has 0 aliphatic carbocycles. The topological polar surface area (TPSA) is 67.2 Å². The van der Waals surface area contributed by atoms with Crippen molar-refractivity contribution < 1.29 is 9.90 Å². The lowest BCUT2D eigenvalue weighted by molar-refractivity contribution is 0.102. The molecule has 1 amide bonds. The molecular formula is C31H35N3O2. The summed E-state index contributed by atoms with van der Waals surface area (Å²) in [6, 6.07) is 26.2. The van der Waals surface area contributed by atoms with E-state index in [9.17, 15) is 4.79 Å². The number of aromatic nitrogens is 2. The van der Waals surface area contributed by atoms with Gasteiger partial charge in [0.15, 0.2) is 0 Å². The lowest BCUT2D eigenvalue weighted by Gasteiger charge is -2.11. The Bertz CT molecular complexity index is 1290. The van der Waals surface area contributed by atoms with Gasteiger partial charge < -0.3 is 10.4 Å². The Labute approximate surface area is 213 Å². The van der Waals surface area contributed by atoms with Crippen LogP contribution < -0.4 is 5.32 Å². The van der Waals surface area contributed by atoms with Gasteiger partial charge in [-0.2, -0.15) is 5.10 Å². The Morgan fingerprint density at radius 2 is 1.69 bits per heavy atom. The molecule has 0 radical (unpaired) electrons. The minimum atomic E-state index is -0.107. The minimum absolute atomic E-state index is 0.107. The van der Waals surface area contributed by atoms with Gasteiger partial charge in [-0.3, -0.25) is 9.48 Å². The molecule has 5 nitrogen and oxygen atoms in total. The molecule has 0 saturated carbocycles. The monoisotopic (exact) mass is 481 g/mol. The second-order valence-electron chi connectivity index (χ2n) is 9.17. The number of anilines is 1. The summed E-state index contributed by atoms with van der Waals surface area (Å²) in [7, 11) is 0. The van der Waals surface area contributed by atoms with E-state index in [2.05, 4.69) is 60.2 Å². The molecule has 2 N–H and O–H groups in total. The van der Waals surface area contributed by atoms with Gasteiger partial charge in [-0.05, 0) is 68.0 Å². The summed E-state index contributed by atoms with van der Waals surface area (Å²) < 4.78 is 2.11. The van der Waals surface area contributed by atoms with Gasteiger partial charge in [-0.1, -0.05) is 61.5 Å². The molecule has 0 aliphatic heterocycles. The average Bonchev–Trinajstić information content (AvgIpc) is 3.21. The molecule has 0 bridgehead atoms. The fourth-order valence-electron chi connectivity index (χ4n) is 4.56. The van der Waals surface area contributed by atoms with Crippen molar-refractivity contribution in [1.82, 2.24) is 9.78 Å². The zero-order valence-corrected chi connectivity index (χ0v) is 21.2. The van der Waals surface area contributed by atoms with Crippen molar-refractivity contribution in [3.8, 4) is 11.3 Å². The first-order valence-corrected chi connectivity index (χ1v) is 12.8. The Kier molecular flexibility index (Phi) is 8.69. The number of nitrogens with zero attached hydrogens (tertiary/aromatic N) is 2. The molecule has 0 spiro atoms. The predicted octanol–water partition coefficient (Wildman–Crippen LogP) is 6.43. The van der Waals surface area contributed by atoms with Crippen molar-refractivity contribution in [3.05, 3.63) is 107 Å². The van der Waals surface area contributed by atoms with Crippen LogP contribution in [0.15, 0.2) is 78.9 Å². The molecule has 0 atom stereocenters. The van der Waals surface area contributed by atoms with Gasteiger partial charge in [-0.25, -0.2) is 0 Å². The van der Waals surface area contributed by atoms with Crippen LogP contribution in [-0.4, -0.2) is 27.4 Å². The molecule has 0 saturated heterocycles. The van der Waals surface area contributed by atoms with Gasteiger partial charge in [0, 0.05) is 42.0 Å². The first-order valence-electron chi connectivity index (χ1n) is 12.8. The summed E-state index contributed by atoms with van der Waals surface area (Å²) in [6.45, 7) is 5.20. The van der Waals surface area contributed by atoms with Gasteiger partial charge in [0.25, 0.3) is 5.91 Å².